The fraction of sp³-hybridized carbons (Fsp3) is 0.889. The van der Waals surface area contributed by atoms with Gasteiger partial charge in [-0.3, -0.25) is 4.79 Å². The highest BCUT2D eigenvalue weighted by Gasteiger charge is 2.22. The van der Waals surface area contributed by atoms with Gasteiger partial charge in [0.2, 0.25) is 0 Å². The van der Waals surface area contributed by atoms with Crippen molar-refractivity contribution in [3.63, 3.8) is 0 Å². The second-order valence-electron chi connectivity index (χ2n) is 3.49. The van der Waals surface area contributed by atoms with E-state index in [0.29, 0.717) is 0 Å². The van der Waals surface area contributed by atoms with Crippen LogP contribution < -0.4 is 5.32 Å². The van der Waals surface area contributed by atoms with Crippen molar-refractivity contribution in [3.8, 4) is 0 Å². The Morgan fingerprint density at radius 3 is 2.75 bits per heavy atom. The van der Waals surface area contributed by atoms with E-state index < -0.39 is 0 Å². The molecule has 3 nitrogen and oxygen atoms in total. The number of hydrogen-bond donors (Lipinski definition) is 1. The second kappa shape index (κ2) is 4.45. The van der Waals surface area contributed by atoms with Crippen LogP contribution in [0.3, 0.4) is 0 Å². The van der Waals surface area contributed by atoms with Gasteiger partial charge in [-0.15, -0.1) is 0 Å². The van der Waals surface area contributed by atoms with E-state index in [1.54, 1.807) is 0 Å². The Hall–Kier alpha value is -0.570. The highest BCUT2D eigenvalue weighted by Crippen LogP contribution is 2.08. The van der Waals surface area contributed by atoms with Crippen molar-refractivity contribution in [3.05, 3.63) is 0 Å². The lowest BCUT2D eigenvalue weighted by Gasteiger charge is -2.22. The predicted octanol–water partition coefficient (Wildman–Crippen LogP) is 1.08. The van der Waals surface area contributed by atoms with Crippen molar-refractivity contribution in [2.45, 2.75) is 45.3 Å². The first-order valence-corrected chi connectivity index (χ1v) is 4.64. The highest BCUT2D eigenvalue weighted by atomic mass is 16.5. The Morgan fingerprint density at radius 1 is 1.50 bits per heavy atom. The molecule has 1 atom stereocenters. The highest BCUT2D eigenvalue weighted by molar-refractivity contribution is 5.76. The molecular weight excluding hydrogens is 154 g/mol. The van der Waals surface area contributed by atoms with Crippen LogP contribution in [0.1, 0.15) is 33.1 Å². The molecule has 1 aliphatic rings. The minimum Gasteiger partial charge on any atom is -0.462 e. The number of piperidine rings is 1. The fourth-order valence-corrected chi connectivity index (χ4v) is 1.37. The quantitative estimate of drug-likeness (QED) is 0.632. The van der Waals surface area contributed by atoms with E-state index >= 15 is 0 Å². The smallest absolute Gasteiger partial charge is 0.323 e. The monoisotopic (exact) mass is 171 g/mol. The molecular formula is C9H17NO2. The molecule has 0 unspecified atom stereocenters. The van der Waals surface area contributed by atoms with Crippen LogP contribution in [0.4, 0.5) is 0 Å². The summed E-state index contributed by atoms with van der Waals surface area (Å²) in [7, 11) is 0. The van der Waals surface area contributed by atoms with Gasteiger partial charge in [0.05, 0.1) is 6.10 Å². The van der Waals surface area contributed by atoms with Gasteiger partial charge in [-0.25, -0.2) is 0 Å². The number of rotatable bonds is 2. The lowest BCUT2D eigenvalue weighted by Crippen LogP contribution is -2.42. The van der Waals surface area contributed by atoms with Gasteiger partial charge in [-0.2, -0.15) is 0 Å². The molecule has 0 bridgehead atoms. The number of ether oxygens (including phenoxy) is 1. The third-order valence-electron chi connectivity index (χ3n) is 1.95. The summed E-state index contributed by atoms with van der Waals surface area (Å²) in [6.45, 7) is 4.69. The Morgan fingerprint density at radius 2 is 2.25 bits per heavy atom. The predicted molar refractivity (Wildman–Crippen MR) is 46.9 cm³/mol. The zero-order chi connectivity index (χ0) is 8.97. The number of carbonyl (C=O) groups is 1. The number of esters is 1. The van der Waals surface area contributed by atoms with Gasteiger partial charge in [0, 0.05) is 0 Å². The summed E-state index contributed by atoms with van der Waals surface area (Å²) in [5.41, 5.74) is 0. The Balaban J connectivity index is 2.30. The average molecular weight is 171 g/mol. The maximum absolute atomic E-state index is 11.3. The molecule has 1 N–H and O–H groups in total. The third-order valence-corrected chi connectivity index (χ3v) is 1.95. The molecule has 1 rings (SSSR count). The van der Waals surface area contributed by atoms with Crippen LogP contribution in [-0.4, -0.2) is 24.7 Å². The minimum atomic E-state index is -0.0929. The summed E-state index contributed by atoms with van der Waals surface area (Å²) in [6, 6.07) is -0.0545. The SMILES string of the molecule is CC(C)OC(=O)[C@@H]1CCCCN1. The first kappa shape index (κ1) is 9.52. The zero-order valence-corrected chi connectivity index (χ0v) is 7.80. The molecule has 0 amide bonds. The molecule has 0 radical (unpaired) electrons. The van der Waals surface area contributed by atoms with Crippen molar-refractivity contribution in [1.82, 2.24) is 5.32 Å². The van der Waals surface area contributed by atoms with Crippen LogP contribution in [0.2, 0.25) is 0 Å². The van der Waals surface area contributed by atoms with Gasteiger partial charge >= 0.3 is 5.97 Å². The van der Waals surface area contributed by atoms with Crippen LogP contribution in [0.5, 0.6) is 0 Å². The third kappa shape index (κ3) is 2.81. The average Bonchev–Trinajstić information content (AvgIpc) is 2.05. The maximum atomic E-state index is 11.3. The number of carbonyl (C=O) groups excluding carboxylic acids is 1. The summed E-state index contributed by atoms with van der Waals surface area (Å²) >= 11 is 0. The molecule has 70 valence electrons. The summed E-state index contributed by atoms with van der Waals surface area (Å²) < 4.78 is 5.09. The molecule has 1 heterocycles. The molecule has 0 saturated carbocycles. The summed E-state index contributed by atoms with van der Waals surface area (Å²) in [6.07, 6.45) is 3.23. The molecule has 0 spiro atoms. The van der Waals surface area contributed by atoms with Gasteiger partial charge in [0.15, 0.2) is 0 Å². The van der Waals surface area contributed by atoms with E-state index in [-0.39, 0.29) is 18.1 Å². The van der Waals surface area contributed by atoms with E-state index in [1.165, 1.54) is 6.42 Å². The molecule has 0 aromatic heterocycles. The number of nitrogens with one attached hydrogen (secondary N) is 1. The van der Waals surface area contributed by atoms with Crippen LogP contribution in [0.15, 0.2) is 0 Å². The summed E-state index contributed by atoms with van der Waals surface area (Å²) in [5.74, 6) is -0.0929. The molecule has 12 heavy (non-hydrogen) atoms. The van der Waals surface area contributed by atoms with Crippen molar-refractivity contribution >= 4 is 5.97 Å². The molecule has 1 saturated heterocycles. The lowest BCUT2D eigenvalue weighted by molar-refractivity contribution is -0.150. The van der Waals surface area contributed by atoms with E-state index in [4.69, 9.17) is 4.74 Å². The normalized spacial score (nSPS) is 24.1. The molecule has 1 aliphatic heterocycles. The number of hydrogen-bond acceptors (Lipinski definition) is 3. The Labute approximate surface area is 73.5 Å². The lowest BCUT2D eigenvalue weighted by atomic mass is 10.1. The van der Waals surface area contributed by atoms with E-state index in [9.17, 15) is 4.79 Å². The van der Waals surface area contributed by atoms with Crippen molar-refractivity contribution in [1.29, 1.82) is 0 Å². The summed E-state index contributed by atoms with van der Waals surface area (Å²) in [4.78, 5) is 11.3. The van der Waals surface area contributed by atoms with Crippen LogP contribution in [-0.2, 0) is 9.53 Å². The van der Waals surface area contributed by atoms with E-state index in [2.05, 4.69) is 5.32 Å². The zero-order valence-electron chi connectivity index (χ0n) is 7.80. The standard InChI is InChI=1S/C9H17NO2/c1-7(2)12-9(11)8-5-3-4-6-10-8/h7-8,10H,3-6H2,1-2H3/t8-/m0/s1. The van der Waals surface area contributed by atoms with Crippen LogP contribution >= 0.6 is 0 Å². The molecule has 0 aliphatic carbocycles. The van der Waals surface area contributed by atoms with Crippen molar-refractivity contribution in [2.75, 3.05) is 6.54 Å². The van der Waals surface area contributed by atoms with Crippen molar-refractivity contribution < 1.29 is 9.53 Å². The van der Waals surface area contributed by atoms with E-state index in [1.807, 2.05) is 13.8 Å². The van der Waals surface area contributed by atoms with Crippen molar-refractivity contribution in [2.24, 2.45) is 0 Å². The summed E-state index contributed by atoms with van der Waals surface area (Å²) in [5, 5.41) is 3.15. The fourth-order valence-electron chi connectivity index (χ4n) is 1.37. The van der Waals surface area contributed by atoms with Gasteiger partial charge < -0.3 is 10.1 Å². The molecule has 0 aromatic carbocycles. The molecule has 0 aromatic rings. The first-order chi connectivity index (χ1) is 5.70. The van der Waals surface area contributed by atoms with Gasteiger partial charge in [0.1, 0.15) is 6.04 Å². The first-order valence-electron chi connectivity index (χ1n) is 4.64. The largest absolute Gasteiger partial charge is 0.462 e. The minimum absolute atomic E-state index is 0.00114. The van der Waals surface area contributed by atoms with Gasteiger partial charge in [0.25, 0.3) is 0 Å². The topological polar surface area (TPSA) is 38.3 Å². The van der Waals surface area contributed by atoms with Gasteiger partial charge in [-0.05, 0) is 33.2 Å². The molecule has 1 fully saturated rings. The second-order valence-corrected chi connectivity index (χ2v) is 3.49. The van der Waals surface area contributed by atoms with Crippen LogP contribution in [0, 0.1) is 0 Å². The maximum Gasteiger partial charge on any atom is 0.323 e. The van der Waals surface area contributed by atoms with Gasteiger partial charge in [-0.1, -0.05) is 6.42 Å². The van der Waals surface area contributed by atoms with Crippen LogP contribution in [0.25, 0.3) is 0 Å². The Bertz CT molecular complexity index is 151. The van der Waals surface area contributed by atoms with E-state index in [0.717, 1.165) is 19.4 Å². The Kier molecular flexibility index (Phi) is 3.53. The molecule has 3 heteroatoms.